The molecule has 5 atom stereocenters. The highest BCUT2D eigenvalue weighted by molar-refractivity contribution is 7.60. The number of ether oxygens (including phenoxy) is 6. The minimum Gasteiger partial charge on any atom is -0.490 e. The second-order valence-electron chi connectivity index (χ2n) is 35.6. The summed E-state index contributed by atoms with van der Waals surface area (Å²) >= 11 is 25.0. The monoisotopic (exact) mass is 2120 g/mol. The number of benzene rings is 4. The molecule has 4 amide bonds. The Morgan fingerprint density at radius 1 is 0.429 bits per heavy atom. The number of amides is 4. The fraction of sp³-hybridized carbons (Fsp3) is 0.441. The third kappa shape index (κ3) is 25.3. The Hall–Kier alpha value is -9.97. The maximum Gasteiger partial charge on any atom is 0.258 e. The first kappa shape index (κ1) is 117. The molecule has 34 nitrogen and oxygen atoms in total. The van der Waals surface area contributed by atoms with E-state index in [-0.39, 0.29) is 209 Å². The Kier molecular flexibility index (Phi) is 40.1. The predicted octanol–water partition coefficient (Wildman–Crippen LogP) is 13.9. The normalized spacial score (nSPS) is 14.7. The SMILES string of the molecule is Cc1nc([C@@H](C)c2cc(Cl)c(F)c(C(=O)NC3(CN(C)C)CC3)c2OC(C)C)n2ccnc(N)c12.Cc1nc([C@@H](C)c2cc(Cl)c(F)c(C(=O)NCC3(O)COC3)c2OC(C)C)n2ccnc(N)c12.Cc1nc([C@@H](C)c2cc(Cl)c(F)c(C(=O)NCC3(O)COC3)c2OC(C)C)n2ccnc(N)c12.Cc1nc([C@@H](C)c2cc(Cl)c(F)c(C(=O)NC[C@H](C)O)c2OC(C)C)n2ccnc(N)c12.S.S.S.S.S. The van der Waals surface area contributed by atoms with Gasteiger partial charge in [-0.25, -0.2) is 57.4 Å². The molecule has 1 aliphatic carbocycles. The number of likely N-dealkylation sites (N-methyl/N-ethyl adjacent to an activating group) is 1. The maximum atomic E-state index is 15.4. The molecular formula is C93H123Cl4F4N21O13S5. The van der Waals surface area contributed by atoms with Crippen molar-refractivity contribution < 1.29 is 80.5 Å². The molecule has 2 saturated heterocycles. The number of aliphatic hydroxyl groups is 3. The summed E-state index contributed by atoms with van der Waals surface area (Å²) in [6.07, 6.45) is 12.8. The van der Waals surface area contributed by atoms with E-state index in [0.717, 1.165) is 12.8 Å². The number of hydrogen-bond donors (Lipinski definition) is 11. The van der Waals surface area contributed by atoms with E-state index in [1.54, 1.807) is 91.1 Å². The zero-order valence-corrected chi connectivity index (χ0v) is 88.8. The van der Waals surface area contributed by atoms with Gasteiger partial charge in [-0.3, -0.25) is 36.8 Å². The van der Waals surface area contributed by atoms with E-state index in [1.165, 1.54) is 31.2 Å². The average molecular weight is 2120 g/mol. The van der Waals surface area contributed by atoms with Crippen molar-refractivity contribution in [3.63, 3.8) is 0 Å². The number of halogens is 8. The van der Waals surface area contributed by atoms with E-state index in [2.05, 4.69) is 56.2 Å². The van der Waals surface area contributed by atoms with Crippen LogP contribution in [0.25, 0.3) is 22.1 Å². The summed E-state index contributed by atoms with van der Waals surface area (Å²) in [5, 5.41) is 39.9. The van der Waals surface area contributed by atoms with Crippen LogP contribution in [0.1, 0.15) is 236 Å². The third-order valence-electron chi connectivity index (χ3n) is 22.7. The molecule has 15 N–H and O–H groups in total. The van der Waals surface area contributed by atoms with E-state index in [4.69, 9.17) is 103 Å². The molecule has 0 unspecified atom stereocenters. The highest BCUT2D eigenvalue weighted by atomic mass is 35.5. The lowest BCUT2D eigenvalue weighted by atomic mass is 9.95. The van der Waals surface area contributed by atoms with Crippen molar-refractivity contribution in [1.29, 1.82) is 0 Å². The van der Waals surface area contributed by atoms with Gasteiger partial charge in [0.1, 0.15) is 125 Å². The first-order chi connectivity index (χ1) is 63.5. The van der Waals surface area contributed by atoms with E-state index >= 15 is 17.6 Å². The molecule has 47 heteroatoms. The van der Waals surface area contributed by atoms with Gasteiger partial charge in [-0.2, -0.15) is 67.5 Å². The topological polar surface area (TPSA) is 461 Å². The van der Waals surface area contributed by atoms with Gasteiger partial charge in [-0.1, -0.05) is 74.1 Å². The number of hydrogen-bond acceptors (Lipinski definition) is 26. The fourth-order valence-electron chi connectivity index (χ4n) is 16.2. The smallest absolute Gasteiger partial charge is 0.258 e. The molecule has 10 heterocycles. The number of imidazole rings is 4. The molecule has 3 aliphatic rings. The molecule has 1 saturated carbocycles. The van der Waals surface area contributed by atoms with Gasteiger partial charge >= 0.3 is 0 Å². The second kappa shape index (κ2) is 47.9. The number of aryl methyl sites for hydroxylation is 4. The fourth-order valence-corrected chi connectivity index (χ4v) is 17.0. The Morgan fingerprint density at radius 3 is 0.871 bits per heavy atom. The zero-order valence-electron chi connectivity index (χ0n) is 80.8. The minimum absolute atomic E-state index is 0. The Balaban J connectivity index is 0.000000251. The van der Waals surface area contributed by atoms with Crippen LogP contribution in [0.15, 0.2) is 73.8 Å². The van der Waals surface area contributed by atoms with Crippen LogP contribution in [-0.2, 0) is 9.47 Å². The first-order valence-corrected chi connectivity index (χ1v) is 45.2. The molecule has 8 aromatic heterocycles. The summed E-state index contributed by atoms with van der Waals surface area (Å²) in [4.78, 5) is 89.7. The lowest BCUT2D eigenvalue weighted by molar-refractivity contribution is -0.173. The molecule has 3 fully saturated rings. The molecule has 0 radical (unpaired) electrons. The van der Waals surface area contributed by atoms with Crippen LogP contribution >= 0.6 is 114 Å². The average Bonchev–Trinajstić information content (AvgIpc) is 1.52. The summed E-state index contributed by atoms with van der Waals surface area (Å²) < 4.78 is 102. The van der Waals surface area contributed by atoms with Crippen LogP contribution < -0.4 is 63.1 Å². The number of anilines is 4. The van der Waals surface area contributed by atoms with Crippen molar-refractivity contribution in [2.45, 2.75) is 201 Å². The van der Waals surface area contributed by atoms with Crippen molar-refractivity contribution in [1.82, 2.24) is 83.6 Å². The number of aromatic nitrogens is 12. The first-order valence-electron chi connectivity index (χ1n) is 43.7. The molecule has 15 rings (SSSR count). The van der Waals surface area contributed by atoms with Crippen molar-refractivity contribution >= 4 is 183 Å². The summed E-state index contributed by atoms with van der Waals surface area (Å²) in [6, 6.07) is 5.87. The molecule has 0 spiro atoms. The van der Waals surface area contributed by atoms with Crippen LogP contribution in [0.3, 0.4) is 0 Å². The van der Waals surface area contributed by atoms with Crippen molar-refractivity contribution in [3.8, 4) is 23.0 Å². The molecule has 140 heavy (non-hydrogen) atoms. The summed E-state index contributed by atoms with van der Waals surface area (Å²) in [5.41, 5.74) is 27.8. The third-order valence-corrected chi connectivity index (χ3v) is 23.8. The van der Waals surface area contributed by atoms with E-state index in [9.17, 15) is 34.5 Å². The summed E-state index contributed by atoms with van der Waals surface area (Å²) in [6.45, 7) is 31.4. The van der Waals surface area contributed by atoms with Crippen LogP contribution in [0.5, 0.6) is 23.0 Å². The van der Waals surface area contributed by atoms with Crippen LogP contribution in [0.4, 0.5) is 40.8 Å². The number of nitrogens with two attached hydrogens (primary N) is 4. The van der Waals surface area contributed by atoms with Gasteiger partial charge in [0.25, 0.3) is 23.6 Å². The summed E-state index contributed by atoms with van der Waals surface area (Å²) in [5.74, 6) is -3.78. The Morgan fingerprint density at radius 2 is 0.664 bits per heavy atom. The maximum absolute atomic E-state index is 15.4. The zero-order chi connectivity index (χ0) is 99.0. The number of aliphatic hydroxyl groups excluding tert-OH is 1. The Bertz CT molecular complexity index is 6330. The van der Waals surface area contributed by atoms with Gasteiger partial charge in [0, 0.05) is 109 Å². The largest absolute Gasteiger partial charge is 0.490 e. The number of rotatable bonds is 29. The van der Waals surface area contributed by atoms with E-state index in [0.29, 0.717) is 120 Å². The molecule has 764 valence electrons. The quantitative estimate of drug-likeness (QED) is 0.0194. The number of nitrogen functional groups attached to an aromatic ring is 4. The molecule has 0 bridgehead atoms. The number of nitrogens with zero attached hydrogens (tertiary/aromatic N) is 13. The van der Waals surface area contributed by atoms with Crippen molar-refractivity contribution in [3.05, 3.63) is 208 Å². The van der Waals surface area contributed by atoms with Crippen molar-refractivity contribution in [2.24, 2.45) is 0 Å². The van der Waals surface area contributed by atoms with E-state index in [1.807, 2.05) is 106 Å². The van der Waals surface area contributed by atoms with Crippen LogP contribution in [0.2, 0.25) is 20.1 Å². The molecule has 12 aromatic rings. The highest BCUT2D eigenvalue weighted by Gasteiger charge is 2.47. The molecule has 2 aliphatic heterocycles. The summed E-state index contributed by atoms with van der Waals surface area (Å²) in [7, 11) is 3.89. The van der Waals surface area contributed by atoms with Gasteiger partial charge in [-0.15, -0.1) is 0 Å². The molecule has 4 aromatic carbocycles. The van der Waals surface area contributed by atoms with E-state index < -0.39 is 87.9 Å². The highest BCUT2D eigenvalue weighted by Crippen LogP contribution is 2.47. The van der Waals surface area contributed by atoms with Gasteiger partial charge in [-0.05, 0) is 141 Å². The number of fused-ring (bicyclic) bond motifs is 4. The number of carbonyl (C=O) groups excluding carboxylic acids is 4. The van der Waals surface area contributed by atoms with Crippen LogP contribution in [0, 0.1) is 51.0 Å². The van der Waals surface area contributed by atoms with Crippen molar-refractivity contribution in [2.75, 3.05) is 89.6 Å². The predicted molar refractivity (Wildman–Crippen MR) is 557 cm³/mol. The molecular weight excluding hydrogens is 2000 g/mol. The second-order valence-corrected chi connectivity index (χ2v) is 37.2. The minimum atomic E-state index is -1.18. The number of nitrogens with one attached hydrogen (secondary N) is 4. The number of carbonyl (C=O) groups is 4. The van der Waals surface area contributed by atoms with Gasteiger partial charge in [0.15, 0.2) is 23.3 Å². The lowest BCUT2D eigenvalue weighted by Crippen LogP contribution is -2.57. The Labute approximate surface area is 862 Å². The van der Waals surface area contributed by atoms with Crippen LogP contribution in [-0.4, -0.2) is 215 Å². The van der Waals surface area contributed by atoms with Gasteiger partial charge in [0.2, 0.25) is 0 Å². The van der Waals surface area contributed by atoms with Gasteiger partial charge < -0.3 is 92.8 Å². The van der Waals surface area contributed by atoms with Gasteiger partial charge in [0.05, 0.1) is 118 Å². The lowest BCUT2D eigenvalue weighted by Gasteiger charge is -2.36. The standard InChI is InChI=1S/C25H32ClFN6O2.2C23H27ClFN5O4.C22H27ClFN5O3.5H2S/c1-13(2)35-21-16(14(3)23-30-15(4)20-22(28)29-9-10-33(20)23)11-17(26)19(27)18(21)24(34)31-25(7-8-25)12-32(5)6;2*1-11(2)34-19-14(12(3)21-29-13(4)18-20(26)27-5-6-30(18)21)7-15(24)17(25)16(19)22(31)28-8-23(32)9-33-10-23;1-10(2)32-19-14(8-15(23)17(24)16(19)22(31)27-9-11(3)30)12(4)21-28-13(5)18-20(25)26-6-7-29(18)21;;;;;/h9-11,13-14H,7-8,12H2,1-6H3,(H2,28,29)(H,31,34);2*5-7,11-12,32H,8-10H2,1-4H3,(H2,26,27)(H,28,31);6-8,10-12,30H,9H2,1-5H3,(H2,25,26)(H,27,31);5*1H2/t14-;2*12-;11-,12-;;;;;/m0000...../s1.